The molecule has 0 aliphatic heterocycles. The van der Waals surface area contributed by atoms with Crippen LogP contribution in [0.25, 0.3) is 0 Å². The predicted octanol–water partition coefficient (Wildman–Crippen LogP) is 1.26. The number of benzene rings is 1. The molecule has 3 nitrogen and oxygen atoms in total. The summed E-state index contributed by atoms with van der Waals surface area (Å²) in [4.78, 5) is 0. The molecular weight excluding hydrogens is 166 g/mol. The van der Waals surface area contributed by atoms with Gasteiger partial charge in [-0.3, -0.25) is 0 Å². The number of hydrogen-bond acceptors (Lipinski definition) is 3. The van der Waals surface area contributed by atoms with Crippen molar-refractivity contribution in [2.24, 2.45) is 0 Å². The average Bonchev–Trinajstić information content (AvgIpc) is 2.11. The van der Waals surface area contributed by atoms with Gasteiger partial charge in [0, 0.05) is 19.2 Å². The average molecular weight is 181 g/mol. The third-order valence-corrected chi connectivity index (χ3v) is 1.90. The monoisotopic (exact) mass is 181 g/mol. The van der Waals surface area contributed by atoms with Crippen molar-refractivity contribution < 1.29 is 9.84 Å². The molecule has 0 aliphatic rings. The fraction of sp³-hybridized carbons (Fsp3) is 0.400. The van der Waals surface area contributed by atoms with Gasteiger partial charge in [0.15, 0.2) is 0 Å². The Hall–Kier alpha value is -1.06. The van der Waals surface area contributed by atoms with Crippen molar-refractivity contribution in [1.82, 2.24) is 5.32 Å². The third kappa shape index (κ3) is 2.44. The number of hydrogen-bond donors (Lipinski definition) is 2. The number of phenolic OH excluding ortho intramolecular Hbond substituents is 1. The maximum Gasteiger partial charge on any atom is 0.120 e. The van der Waals surface area contributed by atoms with Crippen LogP contribution in [-0.4, -0.2) is 19.3 Å². The minimum Gasteiger partial charge on any atom is -0.508 e. The minimum atomic E-state index is 0.323. The lowest BCUT2D eigenvalue weighted by atomic mass is 10.1. The van der Waals surface area contributed by atoms with Crippen molar-refractivity contribution in [2.45, 2.75) is 13.2 Å². The van der Waals surface area contributed by atoms with Crippen LogP contribution < -0.4 is 5.32 Å². The summed E-state index contributed by atoms with van der Waals surface area (Å²) in [6, 6.07) is 5.46. The summed E-state index contributed by atoms with van der Waals surface area (Å²) in [5.41, 5.74) is 1.93. The van der Waals surface area contributed by atoms with Crippen LogP contribution in [0.2, 0.25) is 0 Å². The molecule has 0 saturated carbocycles. The molecule has 0 atom stereocenters. The fourth-order valence-corrected chi connectivity index (χ4v) is 1.29. The van der Waals surface area contributed by atoms with Gasteiger partial charge in [0.05, 0.1) is 6.61 Å². The molecule has 0 aliphatic carbocycles. The molecule has 3 heteroatoms. The van der Waals surface area contributed by atoms with Gasteiger partial charge in [-0.1, -0.05) is 12.1 Å². The van der Waals surface area contributed by atoms with E-state index >= 15 is 0 Å². The summed E-state index contributed by atoms with van der Waals surface area (Å²) >= 11 is 0. The Bertz CT molecular complexity index is 274. The van der Waals surface area contributed by atoms with E-state index in [0.717, 1.165) is 11.1 Å². The first-order valence-corrected chi connectivity index (χ1v) is 4.23. The van der Waals surface area contributed by atoms with Gasteiger partial charge in [-0.25, -0.2) is 0 Å². The molecule has 0 amide bonds. The maximum atomic E-state index is 9.55. The summed E-state index contributed by atoms with van der Waals surface area (Å²) in [7, 11) is 3.50. The molecule has 0 radical (unpaired) electrons. The Morgan fingerprint density at radius 3 is 2.85 bits per heavy atom. The van der Waals surface area contributed by atoms with Crippen LogP contribution in [0, 0.1) is 0 Å². The number of aromatic hydroxyl groups is 1. The Kier molecular flexibility index (Phi) is 3.73. The molecule has 13 heavy (non-hydrogen) atoms. The topological polar surface area (TPSA) is 41.5 Å². The fourth-order valence-electron chi connectivity index (χ4n) is 1.29. The molecule has 0 unspecified atom stereocenters. The lowest BCUT2D eigenvalue weighted by Crippen LogP contribution is -2.08. The standard InChI is InChI=1S/C10H15NO2/c1-11-6-9-8(7-13-2)4-3-5-10(9)12/h3-5,11-12H,6-7H2,1-2H3. The van der Waals surface area contributed by atoms with E-state index < -0.39 is 0 Å². The van der Waals surface area contributed by atoms with E-state index in [0.29, 0.717) is 18.9 Å². The molecule has 1 rings (SSSR count). The second-order valence-corrected chi connectivity index (χ2v) is 2.88. The number of rotatable bonds is 4. The van der Waals surface area contributed by atoms with Crippen molar-refractivity contribution in [1.29, 1.82) is 0 Å². The molecule has 0 spiro atoms. The molecule has 0 saturated heterocycles. The maximum absolute atomic E-state index is 9.55. The highest BCUT2D eigenvalue weighted by Gasteiger charge is 2.05. The molecule has 0 fully saturated rings. The van der Waals surface area contributed by atoms with E-state index in [1.165, 1.54) is 0 Å². The van der Waals surface area contributed by atoms with E-state index in [-0.39, 0.29) is 0 Å². The molecule has 0 bridgehead atoms. The van der Waals surface area contributed by atoms with Gasteiger partial charge in [-0.2, -0.15) is 0 Å². The van der Waals surface area contributed by atoms with Crippen molar-refractivity contribution >= 4 is 0 Å². The number of nitrogens with one attached hydrogen (secondary N) is 1. The van der Waals surface area contributed by atoms with E-state index in [9.17, 15) is 5.11 Å². The lowest BCUT2D eigenvalue weighted by molar-refractivity contribution is 0.183. The Morgan fingerprint density at radius 2 is 2.23 bits per heavy atom. The van der Waals surface area contributed by atoms with Crippen LogP contribution in [-0.2, 0) is 17.9 Å². The summed E-state index contributed by atoms with van der Waals surface area (Å²) in [5, 5.41) is 12.6. The van der Waals surface area contributed by atoms with Crippen LogP contribution in [0.3, 0.4) is 0 Å². The zero-order chi connectivity index (χ0) is 9.68. The van der Waals surface area contributed by atoms with Gasteiger partial charge >= 0.3 is 0 Å². The van der Waals surface area contributed by atoms with Gasteiger partial charge in [-0.05, 0) is 18.7 Å². The molecule has 1 aromatic rings. The van der Waals surface area contributed by atoms with Gasteiger partial charge in [0.25, 0.3) is 0 Å². The van der Waals surface area contributed by atoms with Crippen LogP contribution >= 0.6 is 0 Å². The van der Waals surface area contributed by atoms with Crippen LogP contribution in [0.4, 0.5) is 0 Å². The zero-order valence-corrected chi connectivity index (χ0v) is 8.00. The van der Waals surface area contributed by atoms with E-state index in [1.807, 2.05) is 19.2 Å². The molecular formula is C10H15NO2. The van der Waals surface area contributed by atoms with Gasteiger partial charge in [0.2, 0.25) is 0 Å². The third-order valence-electron chi connectivity index (χ3n) is 1.90. The molecule has 0 heterocycles. The Morgan fingerprint density at radius 1 is 1.46 bits per heavy atom. The second kappa shape index (κ2) is 4.84. The van der Waals surface area contributed by atoms with Gasteiger partial charge < -0.3 is 15.2 Å². The van der Waals surface area contributed by atoms with Crippen molar-refractivity contribution in [2.75, 3.05) is 14.2 Å². The first-order valence-electron chi connectivity index (χ1n) is 4.23. The quantitative estimate of drug-likeness (QED) is 0.734. The smallest absolute Gasteiger partial charge is 0.120 e. The zero-order valence-electron chi connectivity index (χ0n) is 8.00. The lowest BCUT2D eigenvalue weighted by Gasteiger charge is -2.09. The summed E-state index contributed by atoms with van der Waals surface area (Å²) in [5.74, 6) is 0.323. The van der Waals surface area contributed by atoms with Crippen molar-refractivity contribution in [3.8, 4) is 5.75 Å². The molecule has 0 aromatic heterocycles. The minimum absolute atomic E-state index is 0.323. The number of methoxy groups -OCH3 is 1. The molecule has 72 valence electrons. The SMILES string of the molecule is CNCc1c(O)cccc1COC. The van der Waals surface area contributed by atoms with E-state index in [4.69, 9.17) is 4.74 Å². The predicted molar refractivity (Wildman–Crippen MR) is 51.6 cm³/mol. The highest BCUT2D eigenvalue weighted by Crippen LogP contribution is 2.21. The summed E-state index contributed by atoms with van der Waals surface area (Å²) in [6.07, 6.45) is 0. The number of phenols is 1. The molecule has 1 aromatic carbocycles. The van der Waals surface area contributed by atoms with Gasteiger partial charge in [-0.15, -0.1) is 0 Å². The number of ether oxygens (including phenoxy) is 1. The van der Waals surface area contributed by atoms with E-state index in [2.05, 4.69) is 5.32 Å². The molecule has 2 N–H and O–H groups in total. The van der Waals surface area contributed by atoms with E-state index in [1.54, 1.807) is 13.2 Å². The highest BCUT2D eigenvalue weighted by molar-refractivity contribution is 5.38. The highest BCUT2D eigenvalue weighted by atomic mass is 16.5. The van der Waals surface area contributed by atoms with Crippen LogP contribution in [0.5, 0.6) is 5.75 Å². The first kappa shape index (κ1) is 10.0. The summed E-state index contributed by atoms with van der Waals surface area (Å²) in [6.45, 7) is 1.19. The van der Waals surface area contributed by atoms with Gasteiger partial charge in [0.1, 0.15) is 5.75 Å². The van der Waals surface area contributed by atoms with Crippen molar-refractivity contribution in [3.05, 3.63) is 29.3 Å². The first-order chi connectivity index (χ1) is 6.29. The van der Waals surface area contributed by atoms with Crippen LogP contribution in [0.15, 0.2) is 18.2 Å². The second-order valence-electron chi connectivity index (χ2n) is 2.88. The summed E-state index contributed by atoms with van der Waals surface area (Å²) < 4.78 is 5.03. The normalized spacial score (nSPS) is 10.3. The Labute approximate surface area is 78.3 Å². The Balaban J connectivity index is 2.95. The van der Waals surface area contributed by atoms with Crippen molar-refractivity contribution in [3.63, 3.8) is 0 Å². The van der Waals surface area contributed by atoms with Crippen LogP contribution in [0.1, 0.15) is 11.1 Å². The largest absolute Gasteiger partial charge is 0.508 e.